The average Bonchev–Trinajstić information content (AvgIpc) is 3.27. The number of carbonyl (C=O) groups is 1. The molecular formula is C24H19N5O2S. The van der Waals surface area contributed by atoms with Crippen molar-refractivity contribution in [2.24, 2.45) is 0 Å². The number of hydrogen-bond acceptors (Lipinski definition) is 6. The molecule has 7 nitrogen and oxygen atoms in total. The van der Waals surface area contributed by atoms with Crippen molar-refractivity contribution in [2.45, 2.75) is 5.16 Å². The molecule has 3 aromatic carbocycles. The number of para-hydroxylation sites is 1. The monoisotopic (exact) mass is 441 g/mol. The topological polar surface area (TPSA) is 81.4 Å². The van der Waals surface area contributed by atoms with Gasteiger partial charge in [-0.05, 0) is 24.3 Å². The molecule has 8 heteroatoms. The first kappa shape index (κ1) is 20.0. The van der Waals surface area contributed by atoms with E-state index in [1.165, 1.54) is 11.8 Å². The van der Waals surface area contributed by atoms with Gasteiger partial charge in [-0.25, -0.2) is 4.98 Å². The zero-order valence-corrected chi connectivity index (χ0v) is 18.0. The summed E-state index contributed by atoms with van der Waals surface area (Å²) in [5, 5.41) is 13.2. The standard InChI is InChI=1S/C24H19N5O2S/c1-31-18-11-7-10-17(14-18)25-21(30)15-32-24-28-27-23-19-12-5-6-13-20(19)26-22(29(23)24)16-8-3-2-4-9-16/h2-14H,15H2,1H3,(H,25,30). The minimum absolute atomic E-state index is 0.144. The predicted octanol–water partition coefficient (Wildman–Crippen LogP) is 4.68. The minimum Gasteiger partial charge on any atom is -0.497 e. The SMILES string of the molecule is COc1cccc(NC(=O)CSc2nnc3c4ccccc4nc(-c4ccccc4)n23)c1. The van der Waals surface area contributed by atoms with Gasteiger partial charge in [-0.3, -0.25) is 9.20 Å². The number of amides is 1. The van der Waals surface area contributed by atoms with Crippen LogP contribution >= 0.6 is 11.8 Å². The predicted molar refractivity (Wildman–Crippen MR) is 126 cm³/mol. The average molecular weight is 442 g/mol. The number of carbonyl (C=O) groups excluding carboxylic acids is 1. The number of benzene rings is 3. The molecule has 158 valence electrons. The van der Waals surface area contributed by atoms with Crippen molar-refractivity contribution in [3.63, 3.8) is 0 Å². The van der Waals surface area contributed by atoms with Crippen LogP contribution in [0.4, 0.5) is 5.69 Å². The van der Waals surface area contributed by atoms with Gasteiger partial charge < -0.3 is 10.1 Å². The van der Waals surface area contributed by atoms with E-state index in [1.54, 1.807) is 13.2 Å². The molecule has 0 aliphatic heterocycles. The fourth-order valence-corrected chi connectivity index (χ4v) is 4.19. The Morgan fingerprint density at radius 2 is 1.81 bits per heavy atom. The summed E-state index contributed by atoms with van der Waals surface area (Å²) in [6.45, 7) is 0. The van der Waals surface area contributed by atoms with Crippen LogP contribution < -0.4 is 10.1 Å². The Morgan fingerprint density at radius 3 is 2.66 bits per heavy atom. The lowest BCUT2D eigenvalue weighted by Crippen LogP contribution is -2.14. The van der Waals surface area contributed by atoms with E-state index in [0.29, 0.717) is 22.2 Å². The number of anilines is 1. The second-order valence-electron chi connectivity index (χ2n) is 7.03. The van der Waals surface area contributed by atoms with Gasteiger partial charge in [0.15, 0.2) is 10.8 Å². The van der Waals surface area contributed by atoms with Gasteiger partial charge in [-0.1, -0.05) is 60.3 Å². The highest BCUT2D eigenvalue weighted by atomic mass is 32.2. The van der Waals surface area contributed by atoms with Crippen LogP contribution in [-0.4, -0.2) is 38.4 Å². The summed E-state index contributed by atoms with van der Waals surface area (Å²) in [6.07, 6.45) is 0. The van der Waals surface area contributed by atoms with E-state index in [4.69, 9.17) is 9.72 Å². The second-order valence-corrected chi connectivity index (χ2v) is 7.97. The summed E-state index contributed by atoms with van der Waals surface area (Å²) in [5.41, 5.74) is 3.19. The first-order chi connectivity index (χ1) is 15.7. The Bertz CT molecular complexity index is 1420. The fraction of sp³-hybridized carbons (Fsp3) is 0.0833. The van der Waals surface area contributed by atoms with Crippen molar-refractivity contribution < 1.29 is 9.53 Å². The molecular weight excluding hydrogens is 422 g/mol. The summed E-state index contributed by atoms with van der Waals surface area (Å²) in [6, 6.07) is 25.0. The van der Waals surface area contributed by atoms with Gasteiger partial charge in [0.25, 0.3) is 0 Å². The Labute approximate surface area is 188 Å². The number of nitrogens with zero attached hydrogens (tertiary/aromatic N) is 4. The minimum atomic E-state index is -0.144. The number of thioether (sulfide) groups is 1. The van der Waals surface area contributed by atoms with Crippen LogP contribution in [-0.2, 0) is 4.79 Å². The van der Waals surface area contributed by atoms with Gasteiger partial charge >= 0.3 is 0 Å². The number of ether oxygens (including phenoxy) is 1. The zero-order valence-electron chi connectivity index (χ0n) is 17.2. The molecule has 1 amide bonds. The van der Waals surface area contributed by atoms with Crippen LogP contribution in [0.2, 0.25) is 0 Å². The highest BCUT2D eigenvalue weighted by Crippen LogP contribution is 2.29. The number of rotatable bonds is 6. The molecule has 5 aromatic rings. The highest BCUT2D eigenvalue weighted by molar-refractivity contribution is 7.99. The van der Waals surface area contributed by atoms with Crippen molar-refractivity contribution in [1.82, 2.24) is 19.6 Å². The number of methoxy groups -OCH3 is 1. The Kier molecular flexibility index (Phi) is 5.43. The first-order valence-corrected chi connectivity index (χ1v) is 11.0. The van der Waals surface area contributed by atoms with Crippen molar-refractivity contribution in [3.8, 4) is 17.1 Å². The maximum Gasteiger partial charge on any atom is 0.234 e. The molecule has 0 aliphatic rings. The van der Waals surface area contributed by atoms with Crippen molar-refractivity contribution in [3.05, 3.63) is 78.9 Å². The molecule has 0 radical (unpaired) electrons. The largest absolute Gasteiger partial charge is 0.497 e. The molecule has 5 rings (SSSR count). The third kappa shape index (κ3) is 3.88. The van der Waals surface area contributed by atoms with Crippen LogP contribution in [0.3, 0.4) is 0 Å². The van der Waals surface area contributed by atoms with E-state index in [1.807, 2.05) is 77.2 Å². The van der Waals surface area contributed by atoms with Crippen molar-refractivity contribution in [1.29, 1.82) is 0 Å². The molecule has 32 heavy (non-hydrogen) atoms. The van der Waals surface area contributed by atoms with Crippen molar-refractivity contribution in [2.75, 3.05) is 18.2 Å². The lowest BCUT2D eigenvalue weighted by atomic mass is 10.2. The highest BCUT2D eigenvalue weighted by Gasteiger charge is 2.17. The zero-order chi connectivity index (χ0) is 21.9. The molecule has 0 unspecified atom stereocenters. The number of fused-ring (bicyclic) bond motifs is 3. The van der Waals surface area contributed by atoms with Crippen LogP contribution in [0.5, 0.6) is 5.75 Å². The van der Waals surface area contributed by atoms with E-state index in [9.17, 15) is 4.79 Å². The van der Waals surface area contributed by atoms with E-state index in [-0.39, 0.29) is 11.7 Å². The van der Waals surface area contributed by atoms with E-state index >= 15 is 0 Å². The van der Waals surface area contributed by atoms with Gasteiger partial charge in [0, 0.05) is 22.7 Å². The lowest BCUT2D eigenvalue weighted by molar-refractivity contribution is -0.113. The van der Waals surface area contributed by atoms with Gasteiger partial charge in [-0.15, -0.1) is 10.2 Å². The molecule has 0 bridgehead atoms. The molecule has 0 saturated carbocycles. The quantitative estimate of drug-likeness (QED) is 0.385. The van der Waals surface area contributed by atoms with Gasteiger partial charge in [0.1, 0.15) is 11.6 Å². The summed E-state index contributed by atoms with van der Waals surface area (Å²) in [5.74, 6) is 1.46. The van der Waals surface area contributed by atoms with E-state index in [2.05, 4.69) is 15.5 Å². The van der Waals surface area contributed by atoms with E-state index < -0.39 is 0 Å². The van der Waals surface area contributed by atoms with Crippen LogP contribution in [0.1, 0.15) is 0 Å². The molecule has 1 N–H and O–H groups in total. The number of hydrogen-bond donors (Lipinski definition) is 1. The molecule has 0 saturated heterocycles. The molecule has 0 aliphatic carbocycles. The number of aromatic nitrogens is 4. The van der Waals surface area contributed by atoms with Gasteiger partial charge in [-0.2, -0.15) is 0 Å². The number of nitrogens with one attached hydrogen (secondary N) is 1. The summed E-state index contributed by atoms with van der Waals surface area (Å²) < 4.78 is 7.13. The maximum atomic E-state index is 12.6. The Morgan fingerprint density at radius 1 is 1.00 bits per heavy atom. The molecule has 2 heterocycles. The molecule has 0 spiro atoms. The van der Waals surface area contributed by atoms with Gasteiger partial charge in [0.05, 0.1) is 18.4 Å². The third-order valence-electron chi connectivity index (χ3n) is 4.93. The third-order valence-corrected chi connectivity index (χ3v) is 5.86. The summed E-state index contributed by atoms with van der Waals surface area (Å²) >= 11 is 1.32. The van der Waals surface area contributed by atoms with Crippen molar-refractivity contribution >= 4 is 39.9 Å². The van der Waals surface area contributed by atoms with Gasteiger partial charge in [0.2, 0.25) is 5.91 Å². The lowest BCUT2D eigenvalue weighted by Gasteiger charge is -2.10. The Balaban J connectivity index is 1.48. The summed E-state index contributed by atoms with van der Waals surface area (Å²) in [4.78, 5) is 17.4. The fourth-order valence-electron chi connectivity index (χ4n) is 3.46. The van der Waals surface area contributed by atoms with E-state index in [0.717, 1.165) is 22.3 Å². The Hall–Kier alpha value is -3.91. The smallest absolute Gasteiger partial charge is 0.234 e. The van der Waals surface area contributed by atoms with Crippen LogP contribution in [0.25, 0.3) is 27.9 Å². The normalized spacial score (nSPS) is 11.0. The maximum absolute atomic E-state index is 12.6. The van der Waals surface area contributed by atoms with Crippen LogP contribution in [0, 0.1) is 0 Å². The molecule has 0 atom stereocenters. The molecule has 2 aromatic heterocycles. The summed E-state index contributed by atoms with van der Waals surface area (Å²) in [7, 11) is 1.59. The van der Waals surface area contributed by atoms with Crippen LogP contribution in [0.15, 0.2) is 84.0 Å². The molecule has 0 fully saturated rings. The first-order valence-electron chi connectivity index (χ1n) is 9.99. The second kappa shape index (κ2) is 8.68.